The van der Waals surface area contributed by atoms with Crippen molar-refractivity contribution in [3.8, 4) is 0 Å². The second-order valence-corrected chi connectivity index (χ2v) is 6.02. The first-order valence-electron chi connectivity index (χ1n) is 6.63. The van der Waals surface area contributed by atoms with E-state index in [1.54, 1.807) is 25.1 Å². The van der Waals surface area contributed by atoms with Gasteiger partial charge in [0.1, 0.15) is 0 Å². The number of aliphatic hydroxyl groups excluding tert-OH is 1. The smallest absolute Gasteiger partial charge is 0.319 e. The van der Waals surface area contributed by atoms with Gasteiger partial charge in [-0.3, -0.25) is 0 Å². The molecule has 0 aliphatic carbocycles. The number of benzene rings is 1. The molecule has 0 aliphatic heterocycles. The van der Waals surface area contributed by atoms with Crippen LogP contribution in [0.5, 0.6) is 0 Å². The lowest BCUT2D eigenvalue weighted by molar-refractivity contribution is 0.167. The number of carbonyl (C=O) groups excluding carboxylic acids is 1. The molecule has 3 N–H and O–H groups in total. The maximum absolute atomic E-state index is 12.3. The molecule has 118 valence electrons. The van der Waals surface area contributed by atoms with E-state index in [0.717, 1.165) is 6.42 Å². The Kier molecular flexibility index (Phi) is 6.91. The predicted molar refractivity (Wildman–Crippen MR) is 80.9 cm³/mol. The molecule has 0 spiro atoms. The third-order valence-corrected chi connectivity index (χ3v) is 3.59. The Morgan fingerprint density at radius 2 is 2.19 bits per heavy atom. The van der Waals surface area contributed by atoms with Gasteiger partial charge in [-0.1, -0.05) is 31.2 Å². The highest BCUT2D eigenvalue weighted by molar-refractivity contribution is 7.99. The van der Waals surface area contributed by atoms with Crippen molar-refractivity contribution in [2.24, 2.45) is 0 Å². The van der Waals surface area contributed by atoms with Crippen molar-refractivity contribution in [3.63, 3.8) is 0 Å². The van der Waals surface area contributed by atoms with Gasteiger partial charge in [0.2, 0.25) is 0 Å². The van der Waals surface area contributed by atoms with E-state index in [-0.39, 0.29) is 6.61 Å². The Morgan fingerprint density at radius 1 is 1.48 bits per heavy atom. The van der Waals surface area contributed by atoms with Gasteiger partial charge in [-0.05, 0) is 31.5 Å². The molecule has 0 saturated carbocycles. The summed E-state index contributed by atoms with van der Waals surface area (Å²) in [5.74, 6) is -2.50. The van der Waals surface area contributed by atoms with Crippen LogP contribution in [0, 0.1) is 0 Å². The number of carbonyl (C=O) groups is 1. The zero-order chi connectivity index (χ0) is 15.9. The third kappa shape index (κ3) is 6.31. The molecular weight excluding hydrogens is 298 g/mol. The van der Waals surface area contributed by atoms with Crippen molar-refractivity contribution in [2.75, 3.05) is 11.9 Å². The van der Waals surface area contributed by atoms with Gasteiger partial charge in [0.15, 0.2) is 0 Å². The number of urea groups is 1. The van der Waals surface area contributed by atoms with Crippen LogP contribution in [-0.2, 0) is 0 Å². The lowest BCUT2D eigenvalue weighted by Crippen LogP contribution is -2.50. The topological polar surface area (TPSA) is 61.4 Å². The van der Waals surface area contributed by atoms with Crippen LogP contribution in [0.4, 0.5) is 19.3 Å². The first-order chi connectivity index (χ1) is 9.88. The van der Waals surface area contributed by atoms with E-state index < -0.39 is 17.3 Å². The quantitative estimate of drug-likeness (QED) is 0.672. The minimum Gasteiger partial charge on any atom is -0.394 e. The summed E-state index contributed by atoms with van der Waals surface area (Å²) in [6.45, 7) is 3.53. The van der Waals surface area contributed by atoms with Crippen LogP contribution in [0.2, 0.25) is 0 Å². The van der Waals surface area contributed by atoms with Crippen LogP contribution in [0.3, 0.4) is 0 Å². The maximum atomic E-state index is 12.3. The van der Waals surface area contributed by atoms with Gasteiger partial charge in [0.05, 0.1) is 12.1 Å². The average Bonchev–Trinajstić information content (AvgIpc) is 2.38. The van der Waals surface area contributed by atoms with Gasteiger partial charge >= 0.3 is 6.03 Å². The van der Waals surface area contributed by atoms with E-state index >= 15 is 0 Å². The van der Waals surface area contributed by atoms with Crippen LogP contribution < -0.4 is 10.6 Å². The van der Waals surface area contributed by atoms with E-state index in [1.165, 1.54) is 6.07 Å². The molecule has 0 aromatic heterocycles. The second kappa shape index (κ2) is 8.19. The van der Waals surface area contributed by atoms with E-state index in [0.29, 0.717) is 28.8 Å². The molecule has 0 heterocycles. The Hall–Kier alpha value is -1.34. The summed E-state index contributed by atoms with van der Waals surface area (Å²) >= 11 is 0.420. The molecule has 1 unspecified atom stereocenters. The van der Waals surface area contributed by atoms with E-state index in [1.807, 2.05) is 6.92 Å². The monoisotopic (exact) mass is 318 g/mol. The highest BCUT2D eigenvalue weighted by Crippen LogP contribution is 2.27. The SMILES string of the molecule is CCCC(C)(CO)NC(=O)Nc1cccc(SC(F)F)c1. The largest absolute Gasteiger partial charge is 0.394 e. The highest BCUT2D eigenvalue weighted by Gasteiger charge is 2.24. The number of anilines is 1. The Bertz CT molecular complexity index is 474. The first kappa shape index (κ1) is 17.7. The number of nitrogens with one attached hydrogen (secondary N) is 2. The minimum absolute atomic E-state index is 0.171. The summed E-state index contributed by atoms with van der Waals surface area (Å²) in [5.41, 5.74) is -0.274. The van der Waals surface area contributed by atoms with Crippen molar-refractivity contribution in [1.82, 2.24) is 5.32 Å². The zero-order valence-corrected chi connectivity index (χ0v) is 12.8. The van der Waals surface area contributed by atoms with E-state index in [9.17, 15) is 18.7 Å². The third-order valence-electron chi connectivity index (χ3n) is 2.88. The molecule has 1 atom stereocenters. The fraction of sp³-hybridized carbons (Fsp3) is 0.500. The summed E-state index contributed by atoms with van der Waals surface area (Å²) in [5, 5.41) is 14.6. The molecule has 1 rings (SSSR count). The van der Waals surface area contributed by atoms with Gasteiger partial charge in [0, 0.05) is 10.6 Å². The van der Waals surface area contributed by atoms with Crippen LogP contribution in [-0.4, -0.2) is 29.0 Å². The van der Waals surface area contributed by atoms with Crippen molar-refractivity contribution in [2.45, 2.75) is 42.9 Å². The predicted octanol–water partition coefficient (Wildman–Crippen LogP) is 3.67. The standard InChI is InChI=1S/C14H20F2N2O2S/c1-3-7-14(2,9-19)18-13(20)17-10-5-4-6-11(8-10)21-12(15)16/h4-6,8,12,19H,3,7,9H2,1-2H3,(H2,17,18,20). The molecule has 0 bridgehead atoms. The first-order valence-corrected chi connectivity index (χ1v) is 7.51. The van der Waals surface area contributed by atoms with Crippen molar-refractivity contribution in [1.29, 1.82) is 0 Å². The Morgan fingerprint density at radius 3 is 2.76 bits per heavy atom. The molecule has 0 radical (unpaired) electrons. The Labute approximate surface area is 127 Å². The number of amides is 2. The van der Waals surface area contributed by atoms with Gasteiger partial charge < -0.3 is 15.7 Å². The molecule has 7 heteroatoms. The van der Waals surface area contributed by atoms with Crippen molar-refractivity contribution < 1.29 is 18.7 Å². The average molecular weight is 318 g/mol. The van der Waals surface area contributed by atoms with Gasteiger partial charge in [-0.15, -0.1) is 0 Å². The fourth-order valence-electron chi connectivity index (χ4n) is 1.92. The number of aliphatic hydroxyl groups is 1. The summed E-state index contributed by atoms with van der Waals surface area (Å²) in [7, 11) is 0. The number of hydrogen-bond acceptors (Lipinski definition) is 3. The van der Waals surface area contributed by atoms with Crippen molar-refractivity contribution >= 4 is 23.5 Å². The number of rotatable bonds is 7. The van der Waals surface area contributed by atoms with E-state index in [2.05, 4.69) is 10.6 Å². The number of alkyl halides is 2. The number of thioether (sulfide) groups is 1. The summed E-state index contributed by atoms with van der Waals surface area (Å²) in [4.78, 5) is 12.3. The minimum atomic E-state index is -2.50. The summed E-state index contributed by atoms with van der Waals surface area (Å²) in [6, 6.07) is 5.77. The number of hydrogen-bond donors (Lipinski definition) is 3. The summed E-state index contributed by atoms with van der Waals surface area (Å²) in [6.07, 6.45) is 1.45. The van der Waals surface area contributed by atoms with E-state index in [4.69, 9.17) is 0 Å². The molecule has 0 saturated heterocycles. The normalized spacial score (nSPS) is 13.8. The molecule has 2 amide bonds. The molecule has 0 fully saturated rings. The van der Waals surface area contributed by atoms with Crippen LogP contribution in [0.25, 0.3) is 0 Å². The van der Waals surface area contributed by atoms with Gasteiger partial charge in [0.25, 0.3) is 5.76 Å². The molecular formula is C14H20F2N2O2S. The van der Waals surface area contributed by atoms with Crippen molar-refractivity contribution in [3.05, 3.63) is 24.3 Å². The molecule has 4 nitrogen and oxygen atoms in total. The summed E-state index contributed by atoms with van der Waals surface area (Å²) < 4.78 is 24.6. The fourth-order valence-corrected chi connectivity index (χ4v) is 2.48. The molecule has 0 aliphatic rings. The van der Waals surface area contributed by atoms with Crippen LogP contribution in [0.1, 0.15) is 26.7 Å². The lowest BCUT2D eigenvalue weighted by Gasteiger charge is -2.28. The van der Waals surface area contributed by atoms with Gasteiger partial charge in [-0.2, -0.15) is 8.78 Å². The van der Waals surface area contributed by atoms with Crippen LogP contribution >= 0.6 is 11.8 Å². The highest BCUT2D eigenvalue weighted by atomic mass is 32.2. The second-order valence-electron chi connectivity index (χ2n) is 4.95. The lowest BCUT2D eigenvalue weighted by atomic mass is 9.98. The zero-order valence-electron chi connectivity index (χ0n) is 12.0. The van der Waals surface area contributed by atoms with Crippen LogP contribution in [0.15, 0.2) is 29.2 Å². The molecule has 1 aromatic carbocycles. The Balaban J connectivity index is 2.66. The van der Waals surface area contributed by atoms with Gasteiger partial charge in [-0.25, -0.2) is 4.79 Å². The number of halogens is 2. The maximum Gasteiger partial charge on any atom is 0.319 e. The molecule has 1 aromatic rings. The molecule has 21 heavy (non-hydrogen) atoms.